The molecule has 1 amide bonds. The van der Waals surface area contributed by atoms with Crippen LogP contribution in [0.2, 0.25) is 0 Å². The van der Waals surface area contributed by atoms with Gasteiger partial charge in [0.15, 0.2) is 6.61 Å². The minimum Gasteiger partial charge on any atom is -0.455 e. The summed E-state index contributed by atoms with van der Waals surface area (Å²) in [6, 6.07) is 17.7. The molecule has 0 radical (unpaired) electrons. The molecule has 2 aromatic carbocycles. The molecular formula is C24H19N3O5S2. The minimum atomic E-state index is -0.545. The predicted octanol–water partition coefficient (Wildman–Crippen LogP) is 5.48. The summed E-state index contributed by atoms with van der Waals surface area (Å²) in [5.74, 6) is -1.07. The predicted molar refractivity (Wildman–Crippen MR) is 132 cm³/mol. The summed E-state index contributed by atoms with van der Waals surface area (Å²) in [7, 11) is 0. The van der Waals surface area contributed by atoms with Crippen molar-refractivity contribution in [1.82, 2.24) is 4.98 Å². The van der Waals surface area contributed by atoms with Crippen molar-refractivity contribution in [2.45, 2.75) is 13.3 Å². The number of carbonyl (C=O) groups excluding carboxylic acids is 2. The lowest BCUT2D eigenvalue weighted by Crippen LogP contribution is -2.22. The number of nitro benzene ring substituents is 1. The van der Waals surface area contributed by atoms with Crippen molar-refractivity contribution in [3.63, 3.8) is 0 Å². The van der Waals surface area contributed by atoms with Crippen molar-refractivity contribution in [2.24, 2.45) is 0 Å². The summed E-state index contributed by atoms with van der Waals surface area (Å²) >= 11 is 2.96. The second kappa shape index (κ2) is 10.4. The van der Waals surface area contributed by atoms with Crippen LogP contribution in [0.4, 0.5) is 11.4 Å². The van der Waals surface area contributed by atoms with Gasteiger partial charge < -0.3 is 10.1 Å². The van der Waals surface area contributed by atoms with E-state index in [9.17, 15) is 19.7 Å². The summed E-state index contributed by atoms with van der Waals surface area (Å²) in [5, 5.41) is 16.2. The Kier molecular flexibility index (Phi) is 7.09. The number of aromatic nitrogens is 1. The number of aryl methyl sites for hydroxylation is 1. The molecule has 0 fully saturated rings. The first-order chi connectivity index (χ1) is 16.4. The summed E-state index contributed by atoms with van der Waals surface area (Å²) in [4.78, 5) is 41.6. The highest BCUT2D eigenvalue weighted by Crippen LogP contribution is 2.36. The zero-order valence-corrected chi connectivity index (χ0v) is 19.7. The highest BCUT2D eigenvalue weighted by Gasteiger charge is 2.19. The van der Waals surface area contributed by atoms with Gasteiger partial charge in [-0.25, -0.2) is 4.98 Å². The van der Waals surface area contributed by atoms with Crippen molar-refractivity contribution in [3.8, 4) is 21.1 Å². The Morgan fingerprint density at radius 1 is 1.12 bits per heavy atom. The molecule has 10 heteroatoms. The van der Waals surface area contributed by atoms with Gasteiger partial charge in [-0.3, -0.25) is 19.7 Å². The number of rotatable bonds is 8. The molecule has 4 rings (SSSR count). The zero-order chi connectivity index (χ0) is 24.1. The summed E-state index contributed by atoms with van der Waals surface area (Å²) in [6.07, 6.45) is -0.0123. The van der Waals surface area contributed by atoms with Crippen molar-refractivity contribution in [1.29, 1.82) is 0 Å². The number of nitrogens with zero attached hydrogens (tertiary/aromatic N) is 2. The molecule has 0 saturated carbocycles. The van der Waals surface area contributed by atoms with Gasteiger partial charge in [-0.1, -0.05) is 36.4 Å². The first-order valence-corrected chi connectivity index (χ1v) is 11.9. The molecule has 0 atom stereocenters. The monoisotopic (exact) mass is 493 g/mol. The van der Waals surface area contributed by atoms with E-state index in [0.717, 1.165) is 26.0 Å². The van der Waals surface area contributed by atoms with E-state index in [0.29, 0.717) is 11.3 Å². The number of hydrogen-bond donors (Lipinski definition) is 1. The Hall–Kier alpha value is -3.89. The number of nitrogens with one attached hydrogen (secondary N) is 1. The molecule has 0 saturated heterocycles. The maximum Gasteiger partial charge on any atom is 0.311 e. The number of hydrogen-bond acceptors (Lipinski definition) is 8. The molecule has 4 aromatic rings. The number of non-ortho nitro benzene ring substituents is 1. The zero-order valence-electron chi connectivity index (χ0n) is 18.0. The fourth-order valence-corrected chi connectivity index (χ4v) is 5.07. The average molecular weight is 494 g/mol. The fraction of sp³-hybridized carbons (Fsp3) is 0.125. The Balaban J connectivity index is 1.41. The fourth-order valence-electron chi connectivity index (χ4n) is 3.20. The molecule has 0 spiro atoms. The van der Waals surface area contributed by atoms with Gasteiger partial charge in [0.25, 0.3) is 11.6 Å². The van der Waals surface area contributed by atoms with Crippen LogP contribution in [0.1, 0.15) is 10.4 Å². The number of benzene rings is 2. The molecule has 0 aliphatic heterocycles. The second-order valence-corrected chi connectivity index (χ2v) is 9.31. The van der Waals surface area contributed by atoms with E-state index in [1.165, 1.54) is 40.9 Å². The summed E-state index contributed by atoms with van der Waals surface area (Å²) < 4.78 is 5.19. The lowest BCUT2D eigenvalue weighted by molar-refractivity contribution is -0.384. The highest BCUT2D eigenvalue weighted by atomic mass is 32.1. The van der Waals surface area contributed by atoms with Gasteiger partial charge in [0.2, 0.25) is 0 Å². The van der Waals surface area contributed by atoms with Crippen molar-refractivity contribution >= 4 is 45.9 Å². The first-order valence-electron chi connectivity index (χ1n) is 10.2. The van der Waals surface area contributed by atoms with Crippen LogP contribution < -0.4 is 5.32 Å². The van der Waals surface area contributed by atoms with Gasteiger partial charge in [-0.2, -0.15) is 0 Å². The van der Waals surface area contributed by atoms with Crippen LogP contribution in [0.15, 0.2) is 66.0 Å². The van der Waals surface area contributed by atoms with Gasteiger partial charge in [-0.15, -0.1) is 22.7 Å². The minimum absolute atomic E-state index is 0.0123. The lowest BCUT2D eigenvalue weighted by atomic mass is 10.2. The molecule has 1 N–H and O–H groups in total. The molecular weight excluding hydrogens is 474 g/mol. The number of ether oxygens (including phenoxy) is 1. The molecule has 34 heavy (non-hydrogen) atoms. The standard InChI is InChI=1S/C24H19N3O5S2/c1-15-12-17(27(30)31)9-10-18(15)25-21(28)14-32-22(29)13-20-23(19-8-5-11-33-19)26-24(34-20)16-6-3-2-4-7-16/h2-12H,13-14H2,1H3,(H,25,28). The molecule has 0 aliphatic rings. The quantitative estimate of drug-likeness (QED) is 0.198. The Morgan fingerprint density at radius 3 is 2.59 bits per heavy atom. The molecule has 0 unspecified atom stereocenters. The van der Waals surface area contributed by atoms with Gasteiger partial charge in [0, 0.05) is 28.3 Å². The molecule has 0 aliphatic carbocycles. The number of thiophene rings is 1. The van der Waals surface area contributed by atoms with E-state index >= 15 is 0 Å². The largest absolute Gasteiger partial charge is 0.455 e. The number of carbonyl (C=O) groups is 2. The SMILES string of the molecule is Cc1cc([N+](=O)[O-])ccc1NC(=O)COC(=O)Cc1sc(-c2ccccc2)nc1-c1cccs1. The van der Waals surface area contributed by atoms with Crippen LogP contribution in [-0.2, 0) is 20.7 Å². The maximum absolute atomic E-state index is 12.5. The maximum atomic E-state index is 12.5. The first kappa shape index (κ1) is 23.3. The Bertz CT molecular complexity index is 1330. The normalized spacial score (nSPS) is 10.6. The topological polar surface area (TPSA) is 111 Å². The summed E-state index contributed by atoms with van der Waals surface area (Å²) in [6.45, 7) is 1.18. The highest BCUT2D eigenvalue weighted by molar-refractivity contribution is 7.17. The second-order valence-electron chi connectivity index (χ2n) is 7.28. The van der Waals surface area contributed by atoms with E-state index in [2.05, 4.69) is 5.32 Å². The Labute approximate surface area is 203 Å². The van der Waals surface area contributed by atoms with E-state index in [-0.39, 0.29) is 12.1 Å². The number of thiazole rings is 1. The third kappa shape index (κ3) is 5.53. The average Bonchev–Trinajstić information content (AvgIpc) is 3.49. The van der Waals surface area contributed by atoms with Crippen LogP contribution in [0.5, 0.6) is 0 Å². The van der Waals surface area contributed by atoms with Crippen LogP contribution in [-0.4, -0.2) is 28.4 Å². The smallest absolute Gasteiger partial charge is 0.311 e. The van der Waals surface area contributed by atoms with Crippen molar-refractivity contribution in [2.75, 3.05) is 11.9 Å². The Morgan fingerprint density at radius 2 is 1.91 bits per heavy atom. The van der Waals surface area contributed by atoms with Crippen molar-refractivity contribution < 1.29 is 19.2 Å². The van der Waals surface area contributed by atoms with Crippen LogP contribution in [0.3, 0.4) is 0 Å². The van der Waals surface area contributed by atoms with Gasteiger partial charge in [0.1, 0.15) is 5.01 Å². The summed E-state index contributed by atoms with van der Waals surface area (Å²) in [5.41, 5.74) is 2.58. The van der Waals surface area contributed by atoms with Gasteiger partial charge >= 0.3 is 5.97 Å². The molecule has 172 valence electrons. The van der Waals surface area contributed by atoms with E-state index in [1.54, 1.807) is 6.92 Å². The molecule has 2 aromatic heterocycles. The van der Waals surface area contributed by atoms with Gasteiger partial charge in [-0.05, 0) is 30.0 Å². The van der Waals surface area contributed by atoms with Crippen molar-refractivity contribution in [3.05, 3.63) is 86.6 Å². The number of esters is 1. The van der Waals surface area contributed by atoms with E-state index in [4.69, 9.17) is 9.72 Å². The van der Waals surface area contributed by atoms with E-state index < -0.39 is 23.4 Å². The third-order valence-electron chi connectivity index (χ3n) is 4.84. The van der Waals surface area contributed by atoms with Crippen LogP contribution in [0.25, 0.3) is 21.1 Å². The molecule has 0 bridgehead atoms. The number of amides is 1. The number of anilines is 1. The molecule has 2 heterocycles. The lowest BCUT2D eigenvalue weighted by Gasteiger charge is -2.09. The number of nitro groups is 1. The molecule has 8 nitrogen and oxygen atoms in total. The van der Waals surface area contributed by atoms with E-state index in [1.807, 2.05) is 47.8 Å². The van der Waals surface area contributed by atoms with Gasteiger partial charge in [0.05, 0.1) is 21.9 Å². The van der Waals surface area contributed by atoms with Crippen LogP contribution >= 0.6 is 22.7 Å². The van der Waals surface area contributed by atoms with Crippen LogP contribution in [0, 0.1) is 17.0 Å². The third-order valence-corrected chi connectivity index (χ3v) is 6.82.